The summed E-state index contributed by atoms with van der Waals surface area (Å²) in [5, 5.41) is 9.96. The molecule has 0 spiro atoms. The summed E-state index contributed by atoms with van der Waals surface area (Å²) in [6.07, 6.45) is 0. The lowest BCUT2D eigenvalue weighted by Crippen LogP contribution is -2.17. The van der Waals surface area contributed by atoms with Crippen LogP contribution < -0.4 is 9.47 Å². The Morgan fingerprint density at radius 3 is 2.12 bits per heavy atom. The van der Waals surface area contributed by atoms with E-state index in [2.05, 4.69) is 15.9 Å². The summed E-state index contributed by atoms with van der Waals surface area (Å²) in [7, 11) is 2.75. The Labute approximate surface area is 102 Å². The van der Waals surface area contributed by atoms with Gasteiger partial charge in [-0.1, -0.05) is 0 Å². The first-order valence-electron chi connectivity index (χ1n) is 4.65. The summed E-state index contributed by atoms with van der Waals surface area (Å²) in [5.74, 6) is -0.364. The van der Waals surface area contributed by atoms with Gasteiger partial charge in [-0.3, -0.25) is 0 Å². The fourth-order valence-electron chi connectivity index (χ4n) is 1.43. The molecule has 0 atom stereocenters. The third-order valence-corrected chi connectivity index (χ3v) is 2.78. The Hall–Kier alpha value is -0.810. The second-order valence-electron chi connectivity index (χ2n) is 3.85. The molecule has 1 N–H and O–H groups in total. The Morgan fingerprint density at radius 2 is 1.75 bits per heavy atom. The maximum absolute atomic E-state index is 13.7. The average molecular weight is 293 g/mol. The molecular formula is C11H14BrFO3. The highest BCUT2D eigenvalue weighted by molar-refractivity contribution is 9.10. The molecule has 16 heavy (non-hydrogen) atoms. The van der Waals surface area contributed by atoms with E-state index < -0.39 is 11.4 Å². The largest absolute Gasteiger partial charge is 0.492 e. The highest BCUT2D eigenvalue weighted by atomic mass is 79.9. The van der Waals surface area contributed by atoms with E-state index in [0.29, 0.717) is 5.56 Å². The fraction of sp³-hybridized carbons (Fsp3) is 0.455. The van der Waals surface area contributed by atoms with Crippen LogP contribution in [-0.4, -0.2) is 19.3 Å². The minimum Gasteiger partial charge on any atom is -0.492 e. The number of halogens is 2. The number of hydrogen-bond acceptors (Lipinski definition) is 3. The lowest BCUT2D eigenvalue weighted by Gasteiger charge is -2.23. The van der Waals surface area contributed by atoms with Crippen molar-refractivity contribution in [2.24, 2.45) is 0 Å². The predicted octanol–water partition coefficient (Wildman–Crippen LogP) is 2.83. The maximum atomic E-state index is 13.7. The number of aliphatic hydroxyl groups is 1. The first-order valence-corrected chi connectivity index (χ1v) is 5.45. The zero-order valence-corrected chi connectivity index (χ0v) is 11.2. The monoisotopic (exact) mass is 292 g/mol. The van der Waals surface area contributed by atoms with E-state index in [-0.39, 0.29) is 16.0 Å². The van der Waals surface area contributed by atoms with Gasteiger partial charge in [0.25, 0.3) is 0 Å². The second kappa shape index (κ2) is 4.59. The van der Waals surface area contributed by atoms with E-state index in [1.807, 2.05) is 0 Å². The van der Waals surface area contributed by atoms with E-state index in [1.165, 1.54) is 20.3 Å². The number of benzene rings is 1. The van der Waals surface area contributed by atoms with Crippen molar-refractivity contribution in [1.82, 2.24) is 0 Å². The first-order chi connectivity index (χ1) is 7.32. The molecule has 0 bridgehead atoms. The van der Waals surface area contributed by atoms with Crippen LogP contribution in [0, 0.1) is 5.82 Å². The zero-order valence-electron chi connectivity index (χ0n) is 9.60. The van der Waals surface area contributed by atoms with Crippen LogP contribution in [-0.2, 0) is 5.60 Å². The van der Waals surface area contributed by atoms with Crippen LogP contribution in [0.15, 0.2) is 10.5 Å². The van der Waals surface area contributed by atoms with Gasteiger partial charge < -0.3 is 14.6 Å². The van der Waals surface area contributed by atoms with Gasteiger partial charge in [0.2, 0.25) is 0 Å². The second-order valence-corrected chi connectivity index (χ2v) is 4.70. The van der Waals surface area contributed by atoms with E-state index in [9.17, 15) is 9.50 Å². The summed E-state index contributed by atoms with van der Waals surface area (Å²) in [6, 6.07) is 1.48. The van der Waals surface area contributed by atoms with Crippen molar-refractivity contribution in [2.75, 3.05) is 14.2 Å². The Balaban J connectivity index is 3.57. The SMILES string of the molecule is COc1c(C(C)(C)O)cc(Br)c(F)c1OC. The van der Waals surface area contributed by atoms with Gasteiger partial charge in [-0.2, -0.15) is 0 Å². The summed E-state index contributed by atoms with van der Waals surface area (Å²) in [5.41, 5.74) is -0.686. The topological polar surface area (TPSA) is 38.7 Å². The van der Waals surface area contributed by atoms with Gasteiger partial charge in [0.05, 0.1) is 24.3 Å². The van der Waals surface area contributed by atoms with Crippen LogP contribution >= 0.6 is 15.9 Å². The van der Waals surface area contributed by atoms with Crippen molar-refractivity contribution in [3.8, 4) is 11.5 Å². The maximum Gasteiger partial charge on any atom is 0.198 e. The molecule has 0 saturated heterocycles. The highest BCUT2D eigenvalue weighted by Crippen LogP contribution is 2.42. The molecule has 1 aromatic rings. The molecule has 1 aromatic carbocycles. The van der Waals surface area contributed by atoms with Gasteiger partial charge in [-0.05, 0) is 35.8 Å². The van der Waals surface area contributed by atoms with E-state index in [1.54, 1.807) is 13.8 Å². The number of rotatable bonds is 3. The van der Waals surface area contributed by atoms with Crippen LogP contribution in [0.25, 0.3) is 0 Å². The first kappa shape index (κ1) is 13.3. The molecule has 3 nitrogen and oxygen atoms in total. The summed E-state index contributed by atoms with van der Waals surface area (Å²) < 4.78 is 23.9. The van der Waals surface area contributed by atoms with Crippen molar-refractivity contribution in [3.63, 3.8) is 0 Å². The van der Waals surface area contributed by atoms with Crippen molar-refractivity contribution >= 4 is 15.9 Å². The molecule has 0 radical (unpaired) electrons. The van der Waals surface area contributed by atoms with Crippen LogP contribution in [0.5, 0.6) is 11.5 Å². The van der Waals surface area contributed by atoms with Gasteiger partial charge >= 0.3 is 0 Å². The van der Waals surface area contributed by atoms with Gasteiger partial charge in [0, 0.05) is 5.56 Å². The molecule has 0 aliphatic carbocycles. The number of hydrogen-bond donors (Lipinski definition) is 1. The minimum absolute atomic E-state index is 0.0194. The molecule has 90 valence electrons. The van der Waals surface area contributed by atoms with Gasteiger partial charge in [-0.25, -0.2) is 4.39 Å². The standard InChI is InChI=1S/C11H14BrFO3/c1-11(2,14)6-5-7(12)8(13)10(16-4)9(6)15-3/h5,14H,1-4H3. The van der Waals surface area contributed by atoms with Crippen LogP contribution in [0.1, 0.15) is 19.4 Å². The summed E-state index contributed by atoms with van der Waals surface area (Å²) in [4.78, 5) is 0. The normalized spacial score (nSPS) is 11.4. The molecule has 0 saturated carbocycles. The third-order valence-electron chi connectivity index (χ3n) is 2.20. The van der Waals surface area contributed by atoms with Crippen LogP contribution in [0.2, 0.25) is 0 Å². The number of methoxy groups -OCH3 is 2. The average Bonchev–Trinajstić information content (AvgIpc) is 2.19. The van der Waals surface area contributed by atoms with E-state index in [0.717, 1.165) is 0 Å². The molecule has 0 aromatic heterocycles. The molecule has 0 aliphatic heterocycles. The summed E-state index contributed by atoms with van der Waals surface area (Å²) >= 11 is 3.07. The van der Waals surface area contributed by atoms with E-state index in [4.69, 9.17) is 9.47 Å². The van der Waals surface area contributed by atoms with Crippen LogP contribution in [0.3, 0.4) is 0 Å². The molecular weight excluding hydrogens is 279 g/mol. The third kappa shape index (κ3) is 2.30. The molecule has 1 rings (SSSR count). The quantitative estimate of drug-likeness (QED) is 0.931. The van der Waals surface area contributed by atoms with E-state index >= 15 is 0 Å². The van der Waals surface area contributed by atoms with Gasteiger partial charge in [-0.15, -0.1) is 0 Å². The fourth-order valence-corrected chi connectivity index (χ4v) is 1.83. The molecule has 0 heterocycles. The molecule has 0 amide bonds. The molecule has 0 fully saturated rings. The van der Waals surface area contributed by atoms with Crippen molar-refractivity contribution in [3.05, 3.63) is 21.9 Å². The minimum atomic E-state index is -1.14. The Morgan fingerprint density at radius 1 is 1.25 bits per heavy atom. The molecule has 0 unspecified atom stereocenters. The van der Waals surface area contributed by atoms with Crippen LogP contribution in [0.4, 0.5) is 4.39 Å². The van der Waals surface area contributed by atoms with Crippen molar-refractivity contribution in [2.45, 2.75) is 19.4 Å². The summed E-state index contributed by atoms with van der Waals surface area (Å²) in [6.45, 7) is 3.18. The lowest BCUT2D eigenvalue weighted by molar-refractivity contribution is 0.0748. The predicted molar refractivity (Wildman–Crippen MR) is 62.4 cm³/mol. The molecule has 0 aliphatic rings. The number of ether oxygens (including phenoxy) is 2. The van der Waals surface area contributed by atoms with Crippen molar-refractivity contribution in [1.29, 1.82) is 0 Å². The Bertz CT molecular complexity index is 399. The smallest absolute Gasteiger partial charge is 0.198 e. The lowest BCUT2D eigenvalue weighted by atomic mass is 9.97. The van der Waals surface area contributed by atoms with Gasteiger partial charge in [0.1, 0.15) is 0 Å². The Kier molecular flexibility index (Phi) is 3.80. The zero-order chi connectivity index (χ0) is 12.5. The highest BCUT2D eigenvalue weighted by Gasteiger charge is 2.27. The van der Waals surface area contributed by atoms with Gasteiger partial charge in [0.15, 0.2) is 17.3 Å². The molecule has 5 heteroatoms. The van der Waals surface area contributed by atoms with Crippen molar-refractivity contribution < 1.29 is 19.0 Å².